The minimum absolute atomic E-state index is 0.0768. The largest absolute Gasteiger partial charge is 0.478 e. The van der Waals surface area contributed by atoms with Gasteiger partial charge >= 0.3 is 5.97 Å². The lowest BCUT2D eigenvalue weighted by Gasteiger charge is -2.03. The maximum atomic E-state index is 11.3. The Morgan fingerprint density at radius 1 is 0.625 bits per heavy atom. The highest BCUT2D eigenvalue weighted by Crippen LogP contribution is 2.13. The van der Waals surface area contributed by atoms with Gasteiger partial charge in [-0.1, -0.05) is 96.8 Å². The van der Waals surface area contributed by atoms with Crippen LogP contribution in [0.1, 0.15) is 110 Å². The van der Waals surface area contributed by atoms with Crippen molar-refractivity contribution < 1.29 is 14.7 Å². The van der Waals surface area contributed by atoms with Gasteiger partial charge in [-0.25, -0.2) is 4.79 Å². The van der Waals surface area contributed by atoms with Gasteiger partial charge < -0.3 is 5.11 Å². The third-order valence-corrected chi connectivity index (χ3v) is 4.44. The Bertz CT molecular complexity index is 334. The number of carbonyl (C=O) groups is 2. The lowest BCUT2D eigenvalue weighted by molar-refractivity contribution is -0.131. The van der Waals surface area contributed by atoms with Gasteiger partial charge in [0.25, 0.3) is 0 Å². The lowest BCUT2D eigenvalue weighted by Crippen LogP contribution is -1.95. The molecule has 0 unspecified atom stereocenters. The molecular weight excluding hydrogens is 300 g/mol. The summed E-state index contributed by atoms with van der Waals surface area (Å²) in [5, 5.41) is 8.43. The highest BCUT2D eigenvalue weighted by molar-refractivity contribution is 5.95. The van der Waals surface area contributed by atoms with E-state index < -0.39 is 5.97 Å². The minimum Gasteiger partial charge on any atom is -0.478 e. The van der Waals surface area contributed by atoms with E-state index in [0.29, 0.717) is 6.42 Å². The predicted octanol–water partition coefficient (Wildman–Crippen LogP) is 6.46. The number of carboxylic acids is 1. The third-order valence-electron chi connectivity index (χ3n) is 4.44. The Morgan fingerprint density at radius 3 is 1.38 bits per heavy atom. The molecule has 0 rings (SSSR count). The molecule has 0 heterocycles. The van der Waals surface area contributed by atoms with Gasteiger partial charge in [-0.05, 0) is 12.5 Å². The SMILES string of the molecule is CCCCCCCCCCCCCCCCCC(=O)/C=C/C(=O)O. The number of hydrogen-bond acceptors (Lipinski definition) is 2. The maximum Gasteiger partial charge on any atom is 0.328 e. The van der Waals surface area contributed by atoms with Gasteiger partial charge in [-0.15, -0.1) is 0 Å². The fourth-order valence-corrected chi connectivity index (χ4v) is 2.92. The molecule has 0 saturated heterocycles. The van der Waals surface area contributed by atoms with E-state index in [0.717, 1.165) is 18.9 Å². The van der Waals surface area contributed by atoms with Gasteiger partial charge in [-0.2, -0.15) is 0 Å². The van der Waals surface area contributed by atoms with Gasteiger partial charge in [0, 0.05) is 12.5 Å². The van der Waals surface area contributed by atoms with Crippen LogP contribution in [0.15, 0.2) is 12.2 Å². The molecule has 140 valence electrons. The topological polar surface area (TPSA) is 54.4 Å². The summed E-state index contributed by atoms with van der Waals surface area (Å²) in [5.74, 6) is -1.13. The first-order valence-corrected chi connectivity index (χ1v) is 10.1. The Balaban J connectivity index is 3.15. The first kappa shape index (κ1) is 22.9. The van der Waals surface area contributed by atoms with E-state index in [2.05, 4.69) is 6.92 Å². The fraction of sp³-hybridized carbons (Fsp3) is 0.810. The average molecular weight is 339 g/mol. The Morgan fingerprint density at radius 2 is 1.00 bits per heavy atom. The van der Waals surface area contributed by atoms with Crippen LogP contribution in [0.4, 0.5) is 0 Å². The number of hydrogen-bond donors (Lipinski definition) is 1. The number of carboxylic acid groups (broad SMARTS) is 1. The van der Waals surface area contributed by atoms with Gasteiger partial charge in [0.15, 0.2) is 5.78 Å². The van der Waals surface area contributed by atoms with E-state index >= 15 is 0 Å². The highest BCUT2D eigenvalue weighted by Gasteiger charge is 1.98. The van der Waals surface area contributed by atoms with E-state index in [-0.39, 0.29) is 5.78 Å². The van der Waals surface area contributed by atoms with Crippen molar-refractivity contribution in [1.82, 2.24) is 0 Å². The highest BCUT2D eigenvalue weighted by atomic mass is 16.4. The molecule has 0 spiro atoms. The van der Waals surface area contributed by atoms with Crippen LogP contribution in [-0.4, -0.2) is 16.9 Å². The molecule has 0 radical (unpaired) electrons. The molecule has 24 heavy (non-hydrogen) atoms. The Labute approximate surface area is 148 Å². The second-order valence-corrected chi connectivity index (χ2v) is 6.84. The second-order valence-electron chi connectivity index (χ2n) is 6.84. The van der Waals surface area contributed by atoms with Crippen LogP contribution < -0.4 is 0 Å². The normalized spacial score (nSPS) is 11.2. The molecule has 0 fully saturated rings. The van der Waals surface area contributed by atoms with Crippen molar-refractivity contribution in [2.24, 2.45) is 0 Å². The Hall–Kier alpha value is -1.12. The molecule has 0 bridgehead atoms. The number of carbonyl (C=O) groups excluding carboxylic acids is 1. The smallest absolute Gasteiger partial charge is 0.328 e. The summed E-state index contributed by atoms with van der Waals surface area (Å²) in [4.78, 5) is 21.6. The molecule has 0 aromatic carbocycles. The number of aliphatic carboxylic acids is 1. The molecule has 1 N–H and O–H groups in total. The molecule has 3 heteroatoms. The van der Waals surface area contributed by atoms with Crippen molar-refractivity contribution >= 4 is 11.8 Å². The van der Waals surface area contributed by atoms with E-state index in [1.165, 1.54) is 89.5 Å². The first-order chi connectivity index (χ1) is 11.7. The molecule has 0 aromatic rings. The van der Waals surface area contributed by atoms with Crippen LogP contribution in [0.2, 0.25) is 0 Å². The minimum atomic E-state index is -1.06. The van der Waals surface area contributed by atoms with Crippen molar-refractivity contribution in [1.29, 1.82) is 0 Å². The molecule has 0 aromatic heterocycles. The molecule has 0 saturated carbocycles. The Kier molecular flexibility index (Phi) is 17.4. The quantitative estimate of drug-likeness (QED) is 0.230. The van der Waals surface area contributed by atoms with Gasteiger partial charge in [0.1, 0.15) is 0 Å². The average Bonchev–Trinajstić information content (AvgIpc) is 2.56. The summed E-state index contributed by atoms with van der Waals surface area (Å²) >= 11 is 0. The standard InChI is InChI=1S/C21H38O3/c1-2-3-4-5-6-7-8-9-10-11-12-13-14-15-16-17-20(22)18-19-21(23)24/h18-19H,2-17H2,1H3,(H,23,24)/b19-18+. The third kappa shape index (κ3) is 18.9. The van der Waals surface area contributed by atoms with E-state index in [1.807, 2.05) is 0 Å². The van der Waals surface area contributed by atoms with Crippen molar-refractivity contribution in [2.75, 3.05) is 0 Å². The molecule has 0 aliphatic rings. The van der Waals surface area contributed by atoms with Gasteiger partial charge in [0.05, 0.1) is 0 Å². The van der Waals surface area contributed by atoms with Crippen LogP contribution in [0.25, 0.3) is 0 Å². The van der Waals surface area contributed by atoms with E-state index in [9.17, 15) is 9.59 Å². The summed E-state index contributed by atoms with van der Waals surface area (Å²) < 4.78 is 0. The summed E-state index contributed by atoms with van der Waals surface area (Å²) in [5.41, 5.74) is 0. The first-order valence-electron chi connectivity index (χ1n) is 10.1. The van der Waals surface area contributed by atoms with Gasteiger partial charge in [0.2, 0.25) is 0 Å². The molecule has 0 aliphatic heterocycles. The van der Waals surface area contributed by atoms with Crippen LogP contribution in [0, 0.1) is 0 Å². The van der Waals surface area contributed by atoms with Crippen molar-refractivity contribution in [2.45, 2.75) is 110 Å². The summed E-state index contributed by atoms with van der Waals surface area (Å²) in [7, 11) is 0. The summed E-state index contributed by atoms with van der Waals surface area (Å²) in [6, 6.07) is 0. The molecule has 0 atom stereocenters. The lowest BCUT2D eigenvalue weighted by atomic mass is 10.0. The predicted molar refractivity (Wildman–Crippen MR) is 101 cm³/mol. The van der Waals surface area contributed by atoms with Gasteiger partial charge in [-0.3, -0.25) is 4.79 Å². The van der Waals surface area contributed by atoms with Crippen LogP contribution >= 0.6 is 0 Å². The summed E-state index contributed by atoms with van der Waals surface area (Å²) in [6.07, 6.45) is 22.2. The molecule has 0 amide bonds. The second kappa shape index (κ2) is 18.2. The number of ketones is 1. The number of unbranched alkanes of at least 4 members (excludes halogenated alkanes) is 14. The molecular formula is C21H38O3. The zero-order chi connectivity index (χ0) is 17.9. The molecule has 0 aliphatic carbocycles. The van der Waals surface area contributed by atoms with Crippen molar-refractivity contribution in [3.05, 3.63) is 12.2 Å². The molecule has 3 nitrogen and oxygen atoms in total. The maximum absolute atomic E-state index is 11.3. The fourth-order valence-electron chi connectivity index (χ4n) is 2.92. The van der Waals surface area contributed by atoms with Crippen LogP contribution in [0.5, 0.6) is 0 Å². The van der Waals surface area contributed by atoms with Crippen molar-refractivity contribution in [3.63, 3.8) is 0 Å². The summed E-state index contributed by atoms with van der Waals surface area (Å²) in [6.45, 7) is 2.26. The van der Waals surface area contributed by atoms with Crippen LogP contribution in [-0.2, 0) is 9.59 Å². The van der Waals surface area contributed by atoms with E-state index in [4.69, 9.17) is 5.11 Å². The van der Waals surface area contributed by atoms with Crippen LogP contribution in [0.3, 0.4) is 0 Å². The number of allylic oxidation sites excluding steroid dienone is 1. The zero-order valence-electron chi connectivity index (χ0n) is 15.7. The van der Waals surface area contributed by atoms with Crippen molar-refractivity contribution in [3.8, 4) is 0 Å². The zero-order valence-corrected chi connectivity index (χ0v) is 15.7. The monoisotopic (exact) mass is 338 g/mol. The van der Waals surface area contributed by atoms with E-state index in [1.54, 1.807) is 0 Å². The number of rotatable bonds is 18.